The molecule has 0 spiro atoms. The zero-order valence-electron chi connectivity index (χ0n) is 10.3. The fourth-order valence-electron chi connectivity index (χ4n) is 1.65. The van der Waals surface area contributed by atoms with E-state index < -0.39 is 0 Å². The summed E-state index contributed by atoms with van der Waals surface area (Å²) in [6.07, 6.45) is 2.14. The highest BCUT2D eigenvalue weighted by molar-refractivity contribution is 6.30. The molecular formula is C13H16ClN3O. The second-order valence-corrected chi connectivity index (χ2v) is 4.72. The van der Waals surface area contributed by atoms with Gasteiger partial charge in [-0.2, -0.15) is 4.98 Å². The lowest BCUT2D eigenvalue weighted by Gasteiger charge is -2.02. The molecule has 96 valence electrons. The average molecular weight is 266 g/mol. The number of nitrogens with zero attached hydrogens (tertiary/aromatic N) is 2. The fraction of sp³-hybridized carbons (Fsp3) is 0.385. The van der Waals surface area contributed by atoms with Gasteiger partial charge in [-0.05, 0) is 24.1 Å². The van der Waals surface area contributed by atoms with Crippen molar-refractivity contribution in [3.05, 3.63) is 46.6 Å². The standard InChI is InChI=1S/C13H16ClN3O/c1-2-11(15)8-12-16-13(18-17-12)7-9-4-3-5-10(14)6-9/h3-6,11H,2,7-8,15H2,1H3. The van der Waals surface area contributed by atoms with Crippen LogP contribution in [-0.4, -0.2) is 16.2 Å². The molecule has 1 heterocycles. The predicted octanol–water partition coefficient (Wildman–Crippen LogP) is 2.59. The molecular weight excluding hydrogens is 250 g/mol. The van der Waals surface area contributed by atoms with Gasteiger partial charge in [-0.1, -0.05) is 35.8 Å². The Morgan fingerprint density at radius 3 is 3.00 bits per heavy atom. The summed E-state index contributed by atoms with van der Waals surface area (Å²) in [4.78, 5) is 4.32. The first-order chi connectivity index (χ1) is 8.67. The fourth-order valence-corrected chi connectivity index (χ4v) is 1.86. The number of hydrogen-bond donors (Lipinski definition) is 1. The minimum Gasteiger partial charge on any atom is -0.339 e. The number of aromatic nitrogens is 2. The van der Waals surface area contributed by atoms with Gasteiger partial charge in [-0.25, -0.2) is 0 Å². The van der Waals surface area contributed by atoms with E-state index in [1.54, 1.807) is 0 Å². The molecule has 4 nitrogen and oxygen atoms in total. The van der Waals surface area contributed by atoms with Crippen molar-refractivity contribution in [1.82, 2.24) is 10.1 Å². The molecule has 0 aliphatic heterocycles. The summed E-state index contributed by atoms with van der Waals surface area (Å²) in [5, 5.41) is 4.63. The normalized spacial score (nSPS) is 12.6. The highest BCUT2D eigenvalue weighted by Crippen LogP contribution is 2.14. The minimum absolute atomic E-state index is 0.0848. The van der Waals surface area contributed by atoms with Crippen molar-refractivity contribution < 1.29 is 4.52 Å². The molecule has 0 fully saturated rings. The van der Waals surface area contributed by atoms with E-state index in [0.29, 0.717) is 29.6 Å². The van der Waals surface area contributed by atoms with Crippen molar-refractivity contribution in [2.75, 3.05) is 0 Å². The lowest BCUT2D eigenvalue weighted by atomic mass is 10.1. The maximum atomic E-state index is 5.92. The topological polar surface area (TPSA) is 64.9 Å². The van der Waals surface area contributed by atoms with Crippen LogP contribution >= 0.6 is 11.6 Å². The molecule has 1 unspecified atom stereocenters. The smallest absolute Gasteiger partial charge is 0.231 e. The molecule has 2 rings (SSSR count). The van der Waals surface area contributed by atoms with Crippen LogP contribution in [0.2, 0.25) is 5.02 Å². The van der Waals surface area contributed by atoms with Gasteiger partial charge in [0.25, 0.3) is 0 Å². The van der Waals surface area contributed by atoms with Crippen LogP contribution in [0.25, 0.3) is 0 Å². The Bertz CT molecular complexity index is 512. The van der Waals surface area contributed by atoms with Crippen LogP contribution in [-0.2, 0) is 12.8 Å². The number of rotatable bonds is 5. The highest BCUT2D eigenvalue weighted by atomic mass is 35.5. The lowest BCUT2D eigenvalue weighted by molar-refractivity contribution is 0.377. The summed E-state index contributed by atoms with van der Waals surface area (Å²) in [6, 6.07) is 7.70. The Hall–Kier alpha value is -1.39. The molecule has 0 amide bonds. The Labute approximate surface area is 111 Å². The molecule has 0 radical (unpaired) electrons. The number of hydrogen-bond acceptors (Lipinski definition) is 4. The minimum atomic E-state index is 0.0848. The first kappa shape index (κ1) is 13.1. The maximum absolute atomic E-state index is 5.92. The van der Waals surface area contributed by atoms with Crippen LogP contribution in [0.3, 0.4) is 0 Å². The van der Waals surface area contributed by atoms with Gasteiger partial charge >= 0.3 is 0 Å². The lowest BCUT2D eigenvalue weighted by Crippen LogP contribution is -2.22. The third-order valence-corrected chi connectivity index (χ3v) is 2.96. The van der Waals surface area contributed by atoms with E-state index in [4.69, 9.17) is 21.9 Å². The molecule has 2 N–H and O–H groups in total. The summed E-state index contributed by atoms with van der Waals surface area (Å²) < 4.78 is 5.19. The van der Waals surface area contributed by atoms with E-state index in [-0.39, 0.29) is 6.04 Å². The molecule has 0 bridgehead atoms. The van der Waals surface area contributed by atoms with Crippen LogP contribution < -0.4 is 5.73 Å². The monoisotopic (exact) mass is 265 g/mol. The molecule has 1 atom stereocenters. The first-order valence-electron chi connectivity index (χ1n) is 5.99. The average Bonchev–Trinajstić information content (AvgIpc) is 2.76. The zero-order valence-corrected chi connectivity index (χ0v) is 11.0. The Morgan fingerprint density at radius 2 is 2.28 bits per heavy atom. The highest BCUT2D eigenvalue weighted by Gasteiger charge is 2.10. The van der Waals surface area contributed by atoms with Crippen LogP contribution in [0.15, 0.2) is 28.8 Å². The van der Waals surface area contributed by atoms with Gasteiger partial charge < -0.3 is 10.3 Å². The van der Waals surface area contributed by atoms with Gasteiger partial charge in [0.1, 0.15) is 0 Å². The van der Waals surface area contributed by atoms with Crippen molar-refractivity contribution in [2.45, 2.75) is 32.2 Å². The van der Waals surface area contributed by atoms with Crippen molar-refractivity contribution in [2.24, 2.45) is 5.73 Å². The zero-order chi connectivity index (χ0) is 13.0. The van der Waals surface area contributed by atoms with Gasteiger partial charge in [0.2, 0.25) is 5.89 Å². The number of benzene rings is 1. The van der Waals surface area contributed by atoms with Crippen LogP contribution in [0.5, 0.6) is 0 Å². The van der Waals surface area contributed by atoms with Gasteiger partial charge in [0.05, 0.1) is 6.42 Å². The molecule has 1 aromatic heterocycles. The van der Waals surface area contributed by atoms with E-state index in [1.807, 2.05) is 31.2 Å². The largest absolute Gasteiger partial charge is 0.339 e. The van der Waals surface area contributed by atoms with Gasteiger partial charge in [-0.3, -0.25) is 0 Å². The summed E-state index contributed by atoms with van der Waals surface area (Å²) in [7, 11) is 0. The molecule has 0 saturated heterocycles. The Balaban J connectivity index is 2.02. The maximum Gasteiger partial charge on any atom is 0.231 e. The van der Waals surface area contributed by atoms with E-state index in [9.17, 15) is 0 Å². The molecule has 5 heteroatoms. The summed E-state index contributed by atoms with van der Waals surface area (Å²) in [5.74, 6) is 1.26. The summed E-state index contributed by atoms with van der Waals surface area (Å²) >= 11 is 5.92. The third kappa shape index (κ3) is 3.55. The van der Waals surface area contributed by atoms with Crippen molar-refractivity contribution in [3.63, 3.8) is 0 Å². The van der Waals surface area contributed by atoms with Crippen molar-refractivity contribution in [1.29, 1.82) is 0 Å². The molecule has 0 saturated carbocycles. The van der Waals surface area contributed by atoms with Gasteiger partial charge in [0.15, 0.2) is 5.82 Å². The first-order valence-corrected chi connectivity index (χ1v) is 6.36. The van der Waals surface area contributed by atoms with Crippen LogP contribution in [0.4, 0.5) is 0 Å². The van der Waals surface area contributed by atoms with E-state index >= 15 is 0 Å². The van der Waals surface area contributed by atoms with Crippen molar-refractivity contribution in [3.8, 4) is 0 Å². The molecule has 18 heavy (non-hydrogen) atoms. The van der Waals surface area contributed by atoms with E-state index in [2.05, 4.69) is 10.1 Å². The Morgan fingerprint density at radius 1 is 1.44 bits per heavy atom. The van der Waals surface area contributed by atoms with Gasteiger partial charge in [0, 0.05) is 17.5 Å². The quantitative estimate of drug-likeness (QED) is 0.902. The van der Waals surface area contributed by atoms with E-state index in [1.165, 1.54) is 0 Å². The van der Waals surface area contributed by atoms with Gasteiger partial charge in [-0.15, -0.1) is 0 Å². The second-order valence-electron chi connectivity index (χ2n) is 4.28. The molecule has 1 aromatic carbocycles. The number of halogens is 1. The van der Waals surface area contributed by atoms with E-state index in [0.717, 1.165) is 12.0 Å². The summed E-state index contributed by atoms with van der Waals surface area (Å²) in [5.41, 5.74) is 6.90. The van der Waals surface area contributed by atoms with Crippen molar-refractivity contribution >= 4 is 11.6 Å². The third-order valence-electron chi connectivity index (χ3n) is 2.72. The summed E-state index contributed by atoms with van der Waals surface area (Å²) in [6.45, 7) is 2.04. The predicted molar refractivity (Wildman–Crippen MR) is 70.5 cm³/mol. The van der Waals surface area contributed by atoms with Crippen LogP contribution in [0.1, 0.15) is 30.6 Å². The van der Waals surface area contributed by atoms with Crippen LogP contribution in [0, 0.1) is 0 Å². The Kier molecular flexibility index (Phi) is 4.33. The molecule has 0 aliphatic carbocycles. The number of nitrogens with two attached hydrogens (primary N) is 1. The molecule has 2 aromatic rings. The molecule has 0 aliphatic rings. The SMILES string of the molecule is CCC(N)Cc1noc(Cc2cccc(Cl)c2)n1. The second kappa shape index (κ2) is 5.98.